The zero-order chi connectivity index (χ0) is 21.1. The summed E-state index contributed by atoms with van der Waals surface area (Å²) in [5, 5.41) is 3.32. The summed E-state index contributed by atoms with van der Waals surface area (Å²) in [6.07, 6.45) is 2.46. The van der Waals surface area contributed by atoms with Crippen LogP contribution >= 0.6 is 0 Å². The molecule has 0 aliphatic rings. The molecule has 2 heterocycles. The number of nitrogens with zero attached hydrogens (tertiary/aromatic N) is 3. The summed E-state index contributed by atoms with van der Waals surface area (Å²) in [5.41, 5.74) is 2.67. The van der Waals surface area contributed by atoms with Gasteiger partial charge in [0.1, 0.15) is 12.3 Å². The minimum absolute atomic E-state index is 0.0662. The van der Waals surface area contributed by atoms with E-state index in [9.17, 15) is 9.59 Å². The monoisotopic (exact) mass is 402 g/mol. The van der Waals surface area contributed by atoms with E-state index >= 15 is 0 Å². The van der Waals surface area contributed by atoms with E-state index in [4.69, 9.17) is 4.74 Å². The zero-order valence-corrected chi connectivity index (χ0v) is 16.8. The summed E-state index contributed by atoms with van der Waals surface area (Å²) in [6.45, 7) is 1.99. The van der Waals surface area contributed by atoms with E-state index in [1.54, 1.807) is 54.4 Å². The van der Waals surface area contributed by atoms with Gasteiger partial charge in [-0.05, 0) is 48.4 Å². The highest BCUT2D eigenvalue weighted by atomic mass is 16.5. The van der Waals surface area contributed by atoms with Gasteiger partial charge in [0.2, 0.25) is 5.91 Å². The topological polar surface area (TPSA) is 78.2 Å². The first-order chi connectivity index (χ1) is 14.6. The summed E-state index contributed by atoms with van der Waals surface area (Å²) in [6, 6.07) is 18.3. The maximum atomic E-state index is 13.1. The van der Waals surface area contributed by atoms with Gasteiger partial charge < -0.3 is 10.1 Å². The fourth-order valence-corrected chi connectivity index (χ4v) is 3.44. The van der Waals surface area contributed by atoms with Gasteiger partial charge in [-0.25, -0.2) is 9.67 Å². The molecule has 0 aliphatic heterocycles. The third-order valence-electron chi connectivity index (χ3n) is 4.91. The maximum absolute atomic E-state index is 13.1. The zero-order valence-electron chi connectivity index (χ0n) is 16.8. The average Bonchev–Trinajstić information content (AvgIpc) is 3.05. The number of aromatic nitrogens is 3. The van der Waals surface area contributed by atoms with Crippen molar-refractivity contribution in [3.63, 3.8) is 0 Å². The first-order valence-corrected chi connectivity index (χ1v) is 9.70. The summed E-state index contributed by atoms with van der Waals surface area (Å²) in [7, 11) is 1.57. The van der Waals surface area contributed by atoms with Crippen LogP contribution in [0.2, 0.25) is 0 Å². The lowest BCUT2D eigenvalue weighted by Crippen LogP contribution is -2.27. The van der Waals surface area contributed by atoms with Gasteiger partial charge in [-0.3, -0.25) is 14.3 Å². The molecule has 0 saturated heterocycles. The molecule has 0 bridgehead atoms. The summed E-state index contributed by atoms with van der Waals surface area (Å²) >= 11 is 0. The molecule has 0 saturated carbocycles. The number of carbonyl (C=O) groups is 1. The Morgan fingerprint density at radius 3 is 2.73 bits per heavy atom. The van der Waals surface area contributed by atoms with Crippen molar-refractivity contribution < 1.29 is 9.53 Å². The van der Waals surface area contributed by atoms with E-state index in [2.05, 4.69) is 17.2 Å². The van der Waals surface area contributed by atoms with Gasteiger partial charge in [-0.2, -0.15) is 0 Å². The largest absolute Gasteiger partial charge is 0.497 e. The quantitative estimate of drug-likeness (QED) is 0.536. The molecule has 0 unspecified atom stereocenters. The number of nitrogens with one attached hydrogen (secondary N) is 1. The Morgan fingerprint density at radius 1 is 1.10 bits per heavy atom. The first-order valence-electron chi connectivity index (χ1n) is 9.70. The molecule has 152 valence electrons. The van der Waals surface area contributed by atoms with E-state index in [1.807, 2.05) is 24.3 Å². The highest BCUT2D eigenvalue weighted by molar-refractivity contribution is 5.91. The van der Waals surface area contributed by atoms with Crippen molar-refractivity contribution in [3.8, 4) is 11.4 Å². The maximum Gasteiger partial charge on any atom is 0.280 e. The Bertz CT molecular complexity index is 1270. The molecule has 4 aromatic rings. The van der Waals surface area contributed by atoms with E-state index in [-0.39, 0.29) is 18.0 Å². The number of hydrogen-bond donors (Lipinski definition) is 1. The Kier molecular flexibility index (Phi) is 5.34. The number of amides is 1. The second-order valence-corrected chi connectivity index (χ2v) is 6.85. The molecule has 2 aromatic carbocycles. The second-order valence-electron chi connectivity index (χ2n) is 6.85. The van der Waals surface area contributed by atoms with Gasteiger partial charge in [0.05, 0.1) is 18.2 Å². The number of ether oxygens (including phenoxy) is 1. The van der Waals surface area contributed by atoms with Crippen LogP contribution in [-0.2, 0) is 17.8 Å². The molecule has 0 atom stereocenters. The predicted octanol–water partition coefficient (Wildman–Crippen LogP) is 3.40. The molecule has 0 radical (unpaired) electrons. The fourth-order valence-electron chi connectivity index (χ4n) is 3.44. The Morgan fingerprint density at radius 2 is 1.93 bits per heavy atom. The van der Waals surface area contributed by atoms with Crippen LogP contribution in [0.1, 0.15) is 12.5 Å². The van der Waals surface area contributed by atoms with E-state index in [1.165, 1.54) is 4.68 Å². The summed E-state index contributed by atoms with van der Waals surface area (Å²) in [5.74, 6) is 0.375. The van der Waals surface area contributed by atoms with Crippen molar-refractivity contribution in [2.75, 3.05) is 12.4 Å². The Hall–Kier alpha value is -3.87. The van der Waals surface area contributed by atoms with E-state index in [0.29, 0.717) is 28.2 Å². The van der Waals surface area contributed by atoms with Crippen molar-refractivity contribution in [1.82, 2.24) is 14.3 Å². The number of hydrogen-bond acceptors (Lipinski definition) is 4. The van der Waals surface area contributed by atoms with Crippen LogP contribution in [-0.4, -0.2) is 27.4 Å². The fraction of sp³-hybridized carbons (Fsp3) is 0.174. The van der Waals surface area contributed by atoms with Gasteiger partial charge >= 0.3 is 0 Å². The molecule has 0 fully saturated rings. The molecular formula is C23H22N4O3. The normalized spacial score (nSPS) is 10.9. The van der Waals surface area contributed by atoms with Crippen LogP contribution in [0, 0.1) is 0 Å². The number of benzene rings is 2. The minimum Gasteiger partial charge on any atom is -0.497 e. The van der Waals surface area contributed by atoms with Crippen molar-refractivity contribution in [2.45, 2.75) is 19.9 Å². The lowest BCUT2D eigenvalue weighted by atomic mass is 10.1. The van der Waals surface area contributed by atoms with E-state index < -0.39 is 0 Å². The minimum atomic E-state index is -0.272. The number of fused-ring (bicyclic) bond motifs is 1. The third kappa shape index (κ3) is 3.69. The van der Waals surface area contributed by atoms with Crippen LogP contribution < -0.4 is 15.6 Å². The lowest BCUT2D eigenvalue weighted by Gasteiger charge is -2.13. The van der Waals surface area contributed by atoms with Crippen LogP contribution in [0.3, 0.4) is 0 Å². The van der Waals surface area contributed by atoms with Gasteiger partial charge in [0.25, 0.3) is 5.56 Å². The molecule has 7 heteroatoms. The van der Waals surface area contributed by atoms with Crippen molar-refractivity contribution in [2.24, 2.45) is 0 Å². The van der Waals surface area contributed by atoms with Crippen LogP contribution in [0.4, 0.5) is 5.69 Å². The standard InChI is InChI=1S/C23H22N4O3/c1-3-16-7-4-9-18(13-16)27-23(29)20-11-6-12-24-22(20)26(27)15-21(28)25-17-8-5-10-19(14-17)30-2/h4-14H,3,15H2,1-2H3,(H,25,28). The van der Waals surface area contributed by atoms with Gasteiger partial charge in [-0.15, -0.1) is 0 Å². The molecule has 0 aliphatic carbocycles. The van der Waals surface area contributed by atoms with Crippen molar-refractivity contribution in [1.29, 1.82) is 0 Å². The number of aryl methyl sites for hydroxylation is 1. The molecule has 1 N–H and O–H groups in total. The molecule has 1 amide bonds. The van der Waals surface area contributed by atoms with Gasteiger partial charge in [-0.1, -0.05) is 25.1 Å². The van der Waals surface area contributed by atoms with Crippen LogP contribution in [0.25, 0.3) is 16.7 Å². The molecule has 2 aromatic heterocycles. The van der Waals surface area contributed by atoms with E-state index in [0.717, 1.165) is 12.0 Å². The van der Waals surface area contributed by atoms with Gasteiger partial charge in [0.15, 0.2) is 5.65 Å². The molecule has 0 spiro atoms. The Labute approximate surface area is 173 Å². The average molecular weight is 402 g/mol. The molecule has 7 nitrogen and oxygen atoms in total. The van der Waals surface area contributed by atoms with Crippen molar-refractivity contribution in [3.05, 3.63) is 82.8 Å². The van der Waals surface area contributed by atoms with Crippen LogP contribution in [0.5, 0.6) is 5.75 Å². The third-order valence-corrected chi connectivity index (χ3v) is 4.91. The first kappa shape index (κ1) is 19.4. The lowest BCUT2D eigenvalue weighted by molar-refractivity contribution is -0.116. The smallest absolute Gasteiger partial charge is 0.280 e. The summed E-state index contributed by atoms with van der Waals surface area (Å²) < 4.78 is 8.33. The number of pyridine rings is 1. The molecular weight excluding hydrogens is 380 g/mol. The Balaban J connectivity index is 1.75. The summed E-state index contributed by atoms with van der Waals surface area (Å²) in [4.78, 5) is 30.3. The number of methoxy groups -OCH3 is 1. The predicted molar refractivity (Wildman–Crippen MR) is 116 cm³/mol. The number of rotatable bonds is 6. The number of anilines is 1. The highest BCUT2D eigenvalue weighted by Gasteiger charge is 2.18. The molecule has 4 rings (SSSR count). The van der Waals surface area contributed by atoms with Crippen LogP contribution in [0.15, 0.2) is 71.7 Å². The highest BCUT2D eigenvalue weighted by Crippen LogP contribution is 2.18. The number of carbonyl (C=O) groups excluding carboxylic acids is 1. The van der Waals surface area contributed by atoms with Gasteiger partial charge in [0, 0.05) is 18.0 Å². The second kappa shape index (κ2) is 8.24. The molecule has 30 heavy (non-hydrogen) atoms. The SMILES string of the molecule is CCc1cccc(-n2c(=O)c3cccnc3n2CC(=O)Nc2cccc(OC)c2)c1. The van der Waals surface area contributed by atoms with Crippen molar-refractivity contribution >= 4 is 22.6 Å².